The number of benzene rings is 3. The van der Waals surface area contributed by atoms with Crippen LogP contribution in [-0.4, -0.2) is 45.5 Å². The Morgan fingerprint density at radius 1 is 1.00 bits per heavy atom. The van der Waals surface area contributed by atoms with E-state index in [0.717, 1.165) is 27.6 Å². The average molecular weight is 487 g/mol. The predicted molar refractivity (Wildman–Crippen MR) is 140 cm³/mol. The van der Waals surface area contributed by atoms with Crippen molar-refractivity contribution in [1.82, 2.24) is 9.47 Å². The Morgan fingerprint density at radius 3 is 2.31 bits per heavy atom. The molecule has 0 saturated carbocycles. The summed E-state index contributed by atoms with van der Waals surface area (Å²) < 4.78 is 1.93. The van der Waals surface area contributed by atoms with Crippen LogP contribution in [0.4, 0.5) is 0 Å². The molecule has 1 aromatic heterocycles. The van der Waals surface area contributed by atoms with Crippen molar-refractivity contribution in [3.8, 4) is 11.1 Å². The van der Waals surface area contributed by atoms with E-state index >= 15 is 0 Å². The van der Waals surface area contributed by atoms with Crippen molar-refractivity contribution in [2.75, 3.05) is 13.1 Å². The summed E-state index contributed by atoms with van der Waals surface area (Å²) in [7, 11) is 0. The van der Waals surface area contributed by atoms with Gasteiger partial charge in [-0.15, -0.1) is 0 Å². The smallest absolute Gasteiger partial charge is 0.272 e. The zero-order chi connectivity index (χ0) is 24.5. The molecule has 0 radical (unpaired) electrons. The molecule has 7 heteroatoms. The van der Waals surface area contributed by atoms with Crippen LogP contribution < -0.4 is 5.73 Å². The van der Waals surface area contributed by atoms with Crippen LogP contribution in [0.1, 0.15) is 34.5 Å². The molecule has 6 nitrogen and oxygen atoms in total. The van der Waals surface area contributed by atoms with Crippen LogP contribution in [0.25, 0.3) is 22.0 Å². The van der Waals surface area contributed by atoms with E-state index < -0.39 is 0 Å². The van der Waals surface area contributed by atoms with E-state index in [-0.39, 0.29) is 17.8 Å². The minimum Gasteiger partial charge on any atom is -0.393 e. The first-order valence-corrected chi connectivity index (χ1v) is 12.1. The number of nitrogen functional groups attached to an aromatic ring is 1. The van der Waals surface area contributed by atoms with Crippen molar-refractivity contribution in [3.05, 3.63) is 94.6 Å². The number of aromatic nitrogens is 1. The lowest BCUT2D eigenvalue weighted by Gasteiger charge is -2.30. The number of fused-ring (bicyclic) bond motifs is 1. The van der Waals surface area contributed by atoms with E-state index in [2.05, 4.69) is 36.4 Å². The van der Waals surface area contributed by atoms with Gasteiger partial charge in [-0.2, -0.15) is 0 Å². The second kappa shape index (κ2) is 9.56. The van der Waals surface area contributed by atoms with Crippen molar-refractivity contribution in [3.63, 3.8) is 0 Å². The molecule has 1 fully saturated rings. The lowest BCUT2D eigenvalue weighted by Crippen LogP contribution is -2.41. The van der Waals surface area contributed by atoms with Gasteiger partial charge in [0.1, 0.15) is 11.5 Å². The summed E-state index contributed by atoms with van der Waals surface area (Å²) in [5.74, 6) is -0.190. The number of rotatable bonds is 5. The Bertz CT molecular complexity index is 1390. The zero-order valence-electron chi connectivity index (χ0n) is 19.2. The highest BCUT2D eigenvalue weighted by atomic mass is 35.5. The van der Waals surface area contributed by atoms with Gasteiger partial charge in [0, 0.05) is 30.6 Å². The maximum Gasteiger partial charge on any atom is 0.272 e. The molecule has 4 aromatic rings. The Balaban J connectivity index is 1.56. The van der Waals surface area contributed by atoms with Crippen LogP contribution >= 0.6 is 11.6 Å². The molecule has 1 aliphatic rings. The van der Waals surface area contributed by atoms with Crippen molar-refractivity contribution in [2.24, 2.45) is 5.73 Å². The molecule has 3 aromatic carbocycles. The van der Waals surface area contributed by atoms with E-state index in [0.29, 0.717) is 48.8 Å². The lowest BCUT2D eigenvalue weighted by molar-refractivity contribution is 0.0538. The zero-order valence-corrected chi connectivity index (χ0v) is 20.0. The summed E-state index contributed by atoms with van der Waals surface area (Å²) in [6.45, 7) is 1.42. The summed E-state index contributed by atoms with van der Waals surface area (Å²) in [6, 6.07) is 23.8. The van der Waals surface area contributed by atoms with Crippen molar-refractivity contribution in [1.29, 1.82) is 5.41 Å². The van der Waals surface area contributed by atoms with E-state index in [4.69, 9.17) is 22.7 Å². The van der Waals surface area contributed by atoms with Crippen LogP contribution in [0.5, 0.6) is 0 Å². The monoisotopic (exact) mass is 486 g/mol. The highest BCUT2D eigenvalue weighted by molar-refractivity contribution is 6.39. The standard InChI is InChI=1S/C28H27ClN4O2/c29-25-23-11-10-21(27(30)31)16-24(23)33(26(25)28(35)32-14-12-22(34)13-15-32)17-18-6-8-20(9-7-18)19-4-2-1-3-5-19/h1-11,16,22,34H,12-15,17H2,(H3,30,31). The minimum atomic E-state index is -0.373. The quantitative estimate of drug-likeness (QED) is 0.277. The Labute approximate surface area is 209 Å². The molecule has 0 unspecified atom stereocenters. The number of piperidine rings is 1. The summed E-state index contributed by atoms with van der Waals surface area (Å²) in [5, 5.41) is 18.9. The van der Waals surface area contributed by atoms with E-state index in [9.17, 15) is 9.90 Å². The van der Waals surface area contributed by atoms with Crippen molar-refractivity contribution < 1.29 is 9.90 Å². The SMILES string of the molecule is N=C(N)c1ccc2c(Cl)c(C(=O)N3CCC(O)CC3)n(Cc3ccc(-c4ccccc4)cc3)c2c1. The van der Waals surface area contributed by atoms with Crippen LogP contribution in [0.3, 0.4) is 0 Å². The van der Waals surface area contributed by atoms with Gasteiger partial charge >= 0.3 is 0 Å². The summed E-state index contributed by atoms with van der Waals surface area (Å²) >= 11 is 6.81. The van der Waals surface area contributed by atoms with Crippen molar-refractivity contribution in [2.45, 2.75) is 25.5 Å². The van der Waals surface area contributed by atoms with Crippen LogP contribution in [0.15, 0.2) is 72.8 Å². The number of halogens is 1. The minimum absolute atomic E-state index is 0.0409. The van der Waals surface area contributed by atoms with Gasteiger partial charge in [-0.05, 0) is 35.6 Å². The molecule has 1 amide bonds. The number of likely N-dealkylation sites (tertiary alicyclic amines) is 1. The number of carbonyl (C=O) groups is 1. The predicted octanol–water partition coefficient (Wildman–Crippen LogP) is 4.89. The first-order valence-electron chi connectivity index (χ1n) is 11.7. The van der Waals surface area contributed by atoms with Crippen LogP contribution in [-0.2, 0) is 6.54 Å². The third-order valence-corrected chi connectivity index (χ3v) is 7.05. The molecule has 1 saturated heterocycles. The number of nitrogens with zero attached hydrogens (tertiary/aromatic N) is 2. The molecular weight excluding hydrogens is 460 g/mol. The first kappa shape index (κ1) is 23.1. The van der Waals surface area contributed by atoms with Gasteiger partial charge in [-0.1, -0.05) is 78.3 Å². The normalized spacial score (nSPS) is 14.4. The molecule has 0 atom stereocenters. The maximum absolute atomic E-state index is 13.6. The fourth-order valence-electron chi connectivity index (χ4n) is 4.68. The molecule has 35 heavy (non-hydrogen) atoms. The number of amides is 1. The van der Waals surface area contributed by atoms with Gasteiger partial charge in [0.05, 0.1) is 16.6 Å². The largest absolute Gasteiger partial charge is 0.393 e. The van der Waals surface area contributed by atoms with Gasteiger partial charge in [0.15, 0.2) is 0 Å². The number of aliphatic hydroxyl groups is 1. The van der Waals surface area contributed by atoms with Gasteiger partial charge in [-0.25, -0.2) is 0 Å². The summed E-state index contributed by atoms with van der Waals surface area (Å²) in [5.41, 5.74) is 10.8. The highest BCUT2D eigenvalue weighted by Gasteiger charge is 2.29. The number of aliphatic hydroxyl groups excluding tert-OH is 1. The average Bonchev–Trinajstić information content (AvgIpc) is 3.15. The fourth-order valence-corrected chi connectivity index (χ4v) is 5.03. The Hall–Kier alpha value is -3.61. The molecule has 2 heterocycles. The third-order valence-electron chi connectivity index (χ3n) is 6.67. The summed E-state index contributed by atoms with van der Waals surface area (Å²) in [6.07, 6.45) is 0.736. The summed E-state index contributed by atoms with van der Waals surface area (Å²) in [4.78, 5) is 15.4. The third kappa shape index (κ3) is 4.55. The van der Waals surface area contributed by atoms with Gasteiger partial charge in [-0.3, -0.25) is 10.2 Å². The number of nitrogens with one attached hydrogen (secondary N) is 1. The van der Waals surface area contributed by atoms with Gasteiger partial charge < -0.3 is 20.3 Å². The molecular formula is C28H27ClN4O2. The maximum atomic E-state index is 13.6. The van der Waals surface area contributed by atoms with Crippen LogP contribution in [0, 0.1) is 5.41 Å². The second-order valence-electron chi connectivity index (χ2n) is 8.98. The highest BCUT2D eigenvalue weighted by Crippen LogP contribution is 2.34. The number of amidine groups is 1. The first-order chi connectivity index (χ1) is 16.9. The molecule has 4 N–H and O–H groups in total. The van der Waals surface area contributed by atoms with Gasteiger partial charge in [0.25, 0.3) is 5.91 Å². The van der Waals surface area contributed by atoms with Crippen molar-refractivity contribution >= 4 is 34.2 Å². The molecule has 0 bridgehead atoms. The lowest BCUT2D eigenvalue weighted by atomic mass is 10.0. The van der Waals surface area contributed by atoms with E-state index in [1.807, 2.05) is 34.9 Å². The number of carbonyl (C=O) groups excluding carboxylic acids is 1. The molecule has 0 spiro atoms. The van der Waals surface area contributed by atoms with Crippen LogP contribution in [0.2, 0.25) is 5.02 Å². The molecule has 1 aliphatic heterocycles. The van der Waals surface area contributed by atoms with E-state index in [1.54, 1.807) is 11.0 Å². The fraction of sp³-hybridized carbons (Fsp3) is 0.214. The number of nitrogens with two attached hydrogens (primary N) is 1. The topological polar surface area (TPSA) is 95.3 Å². The molecule has 0 aliphatic carbocycles. The number of hydrogen-bond acceptors (Lipinski definition) is 3. The molecule has 178 valence electrons. The Morgan fingerprint density at radius 2 is 1.66 bits per heavy atom. The van der Waals surface area contributed by atoms with E-state index in [1.165, 1.54) is 0 Å². The Kier molecular flexibility index (Phi) is 6.32. The number of hydrogen-bond donors (Lipinski definition) is 3. The molecule has 5 rings (SSSR count). The second-order valence-corrected chi connectivity index (χ2v) is 9.36. The van der Waals surface area contributed by atoms with Gasteiger partial charge in [0.2, 0.25) is 0 Å².